The van der Waals surface area contributed by atoms with Gasteiger partial charge in [0.25, 0.3) is 6.33 Å². The Balaban J connectivity index is 0.00000743. The Labute approximate surface area is 496 Å². The molecule has 0 bridgehead atoms. The first kappa shape index (κ1) is 40.3. The Morgan fingerprint density at radius 1 is 0.487 bits per heavy atom. The second-order valence-corrected chi connectivity index (χ2v) is 22.1. The van der Waals surface area contributed by atoms with Gasteiger partial charge in [0.05, 0.1) is 30.4 Å². The van der Waals surface area contributed by atoms with Crippen molar-refractivity contribution in [3.8, 4) is 95.5 Å². The molecule has 0 atom stereocenters. The molecule has 14 rings (SSSR count). The second kappa shape index (κ2) is 19.8. The molecule has 4 heterocycles. The van der Waals surface area contributed by atoms with Crippen LogP contribution in [0.2, 0.25) is 0 Å². The summed E-state index contributed by atoms with van der Waals surface area (Å²) in [5.74, 6) is 1.54. The third-order valence-corrected chi connectivity index (χ3v) is 15.1. The van der Waals surface area contributed by atoms with Gasteiger partial charge in [-0.25, -0.2) is 4.98 Å². The number of ether oxygens (including phenoxy) is 1. The third-order valence-electron chi connectivity index (χ3n) is 15.1. The molecule has 0 saturated heterocycles. The van der Waals surface area contributed by atoms with Crippen molar-refractivity contribution in [2.75, 3.05) is 0 Å². The van der Waals surface area contributed by atoms with E-state index < -0.39 is 36.3 Å². The van der Waals surface area contributed by atoms with Gasteiger partial charge in [-0.3, -0.25) is 4.57 Å². The predicted molar refractivity (Wildman–Crippen MR) is 324 cm³/mol. The van der Waals surface area contributed by atoms with Crippen LogP contribution in [0.4, 0.5) is 0 Å². The molecule has 6 heteroatoms. The van der Waals surface area contributed by atoms with Crippen molar-refractivity contribution < 1.29 is 44.1 Å². The number of fused-ring (bicyclic) bond motifs is 10. The summed E-state index contributed by atoms with van der Waals surface area (Å²) in [5, 5.41) is 2.02. The van der Waals surface area contributed by atoms with Gasteiger partial charge < -0.3 is 13.9 Å². The maximum Gasteiger partial charge on any atom is 0.268 e. The molecule has 80 heavy (non-hydrogen) atoms. The molecular weight excluding hydrogens is 1160 g/mol. The van der Waals surface area contributed by atoms with Gasteiger partial charge in [-0.1, -0.05) is 217 Å². The summed E-state index contributed by atoms with van der Waals surface area (Å²) in [4.78, 5) is 4.87. The molecular formula is C74H56N4OPt-2. The molecule has 3 aromatic heterocycles. The minimum absolute atomic E-state index is 0. The van der Waals surface area contributed by atoms with Crippen LogP contribution in [0.3, 0.4) is 0 Å². The Hall–Kier alpha value is -8.89. The van der Waals surface area contributed by atoms with Crippen LogP contribution in [0, 0.1) is 18.5 Å². The van der Waals surface area contributed by atoms with Gasteiger partial charge >= 0.3 is 0 Å². The van der Waals surface area contributed by atoms with E-state index in [0.717, 1.165) is 55.4 Å². The van der Waals surface area contributed by atoms with Gasteiger partial charge in [0.2, 0.25) is 0 Å². The summed E-state index contributed by atoms with van der Waals surface area (Å²) < 4.78 is 103. The molecule has 13 aromatic rings. The van der Waals surface area contributed by atoms with Crippen molar-refractivity contribution in [1.82, 2.24) is 14.1 Å². The van der Waals surface area contributed by atoms with Crippen molar-refractivity contribution in [3.05, 3.63) is 260 Å². The van der Waals surface area contributed by atoms with Crippen molar-refractivity contribution in [3.63, 3.8) is 0 Å². The van der Waals surface area contributed by atoms with Crippen molar-refractivity contribution in [2.45, 2.75) is 52.4 Å². The summed E-state index contributed by atoms with van der Waals surface area (Å²) in [6, 6.07) is 56.2. The fourth-order valence-electron chi connectivity index (χ4n) is 11.2. The maximum atomic E-state index is 9.40. The van der Waals surface area contributed by atoms with Crippen LogP contribution in [-0.2, 0) is 31.9 Å². The van der Waals surface area contributed by atoms with E-state index in [-0.39, 0.29) is 67.2 Å². The summed E-state index contributed by atoms with van der Waals surface area (Å²) in [7, 11) is 0. The average Bonchev–Trinajstić information content (AvgIpc) is 1.50. The number of para-hydroxylation sites is 2. The number of hydrogen-bond acceptors (Lipinski definition) is 2. The van der Waals surface area contributed by atoms with Gasteiger partial charge in [-0.15, -0.1) is 29.7 Å². The van der Waals surface area contributed by atoms with Crippen LogP contribution in [-0.4, -0.2) is 14.1 Å². The zero-order valence-electron chi connectivity index (χ0n) is 54.7. The summed E-state index contributed by atoms with van der Waals surface area (Å²) >= 11 is 0. The van der Waals surface area contributed by atoms with E-state index in [0.29, 0.717) is 72.9 Å². The van der Waals surface area contributed by atoms with Crippen molar-refractivity contribution in [1.29, 1.82) is 0 Å². The molecule has 0 saturated carbocycles. The Morgan fingerprint density at radius 3 is 1.90 bits per heavy atom. The third kappa shape index (κ3) is 8.69. The molecule has 0 radical (unpaired) electrons. The van der Waals surface area contributed by atoms with Crippen LogP contribution in [0.15, 0.2) is 230 Å². The average molecular weight is 1220 g/mol. The largest absolute Gasteiger partial charge is 0.510 e. The monoisotopic (exact) mass is 1220 g/mol. The first-order valence-electron chi connectivity index (χ1n) is 31.4. The van der Waals surface area contributed by atoms with E-state index >= 15 is 0 Å². The molecule has 10 aromatic carbocycles. The quantitative estimate of drug-likeness (QED) is 0.118. The standard InChI is InChI=1S/C74H56N4O.Pt/c1-73(2,3)52-36-34-50(35-37-52)58-30-19-32-64-63-31-18-29-57(49-22-11-8-12-23-49)70(63)62-28-14-13-26-59(62)65-42-51(48-20-9-7-10-21-48)43-68-72(65)77(71(58)64)47-76(68)54-24-17-25-55(45-54)79-56-38-39-61-60-27-15-16-33-66(60)78(67(61)46-56)69-44-53(40-41-75-69)74(4,5)6;/h7-44H,1-6H3;/q-2;/i7D,8D,9D,10D,11D,12D,20D,21D,22D,23D;. The zero-order chi connectivity index (χ0) is 62.3. The summed E-state index contributed by atoms with van der Waals surface area (Å²) in [6.45, 7) is 13.1. The first-order valence-corrected chi connectivity index (χ1v) is 26.4. The minimum Gasteiger partial charge on any atom is -0.510 e. The van der Waals surface area contributed by atoms with Crippen LogP contribution in [0.1, 0.15) is 66.4 Å². The number of hydrogen-bond donors (Lipinski definition) is 0. The second-order valence-electron chi connectivity index (χ2n) is 22.1. The summed E-state index contributed by atoms with van der Waals surface area (Å²) in [5.41, 5.74) is 12.4. The van der Waals surface area contributed by atoms with Crippen LogP contribution >= 0.6 is 0 Å². The maximum absolute atomic E-state index is 9.40. The topological polar surface area (TPSA) is 35.9 Å². The molecule has 0 aliphatic carbocycles. The SMILES string of the molecule is [2H]c1c([2H])c([2H])c(-c2cc3c4c(c2)n(-c2[c-]c(Oc5[c-]c6c(cc5)c5ccccc5n6-c5cc(C(C)(C)C)ccn5)ccc2)[c-][n+]4-c2c(-c4ccc(C(C)(C)C)cc4)cccc2-c2cccc(-c4c([2H])c([2H])c([2H])c([2H])c4[2H])c2-c2ccccc2-3)c([2H])c1[2H].[Pt]. The number of aromatic nitrogens is 4. The summed E-state index contributed by atoms with van der Waals surface area (Å²) in [6.07, 6.45) is 5.65. The number of rotatable bonds is 7. The van der Waals surface area contributed by atoms with Gasteiger partial charge in [-0.05, 0) is 124 Å². The van der Waals surface area contributed by atoms with E-state index in [1.807, 2.05) is 125 Å². The minimum atomic E-state index is -0.525. The predicted octanol–water partition coefficient (Wildman–Crippen LogP) is 18.5. The van der Waals surface area contributed by atoms with E-state index in [9.17, 15) is 5.48 Å². The van der Waals surface area contributed by atoms with Crippen LogP contribution in [0.5, 0.6) is 11.5 Å². The van der Waals surface area contributed by atoms with Crippen LogP contribution < -0.4 is 9.30 Å². The van der Waals surface area contributed by atoms with Gasteiger partial charge in [0.15, 0.2) is 0 Å². The first-order chi connectivity index (χ1) is 42.6. The van der Waals surface area contributed by atoms with Gasteiger partial charge in [-0.2, -0.15) is 18.2 Å². The van der Waals surface area contributed by atoms with Crippen molar-refractivity contribution >= 4 is 32.8 Å². The fraction of sp³-hybridized carbons (Fsp3) is 0.108. The Morgan fingerprint density at radius 2 is 1.14 bits per heavy atom. The zero-order valence-corrected chi connectivity index (χ0v) is 47.0. The molecule has 0 fully saturated rings. The van der Waals surface area contributed by atoms with Gasteiger partial charge in [0, 0.05) is 44.3 Å². The molecule has 0 N–H and O–H groups in total. The number of pyridine rings is 1. The molecule has 1 aliphatic heterocycles. The van der Waals surface area contributed by atoms with Gasteiger partial charge in [0.1, 0.15) is 5.82 Å². The number of benzene rings is 10. The molecule has 0 amide bonds. The van der Waals surface area contributed by atoms with E-state index in [1.165, 1.54) is 0 Å². The molecule has 390 valence electrons. The molecule has 1 aliphatic rings. The van der Waals surface area contributed by atoms with E-state index in [2.05, 4.69) is 113 Å². The van der Waals surface area contributed by atoms with E-state index in [1.54, 1.807) is 6.07 Å². The Kier molecular flexibility index (Phi) is 9.97. The molecule has 0 unspecified atom stereocenters. The fourth-order valence-corrected chi connectivity index (χ4v) is 11.2. The smallest absolute Gasteiger partial charge is 0.268 e. The van der Waals surface area contributed by atoms with Crippen LogP contribution in [0.25, 0.3) is 117 Å². The normalized spacial score (nSPS) is 13.8. The van der Waals surface area contributed by atoms with Crippen molar-refractivity contribution in [2.24, 2.45) is 0 Å². The number of imidazole rings is 1. The Bertz CT molecular complexity index is 5100. The van der Waals surface area contributed by atoms with E-state index in [4.69, 9.17) is 17.9 Å². The molecule has 0 spiro atoms. The molecule has 5 nitrogen and oxygen atoms in total. The number of nitrogens with zero attached hydrogens (tertiary/aromatic N) is 4.